The molecule has 1 heterocycles. The lowest BCUT2D eigenvalue weighted by Crippen LogP contribution is -2.50. The average molecular weight is 305 g/mol. The Balaban J connectivity index is 1.65. The van der Waals surface area contributed by atoms with Crippen molar-refractivity contribution in [1.82, 2.24) is 15.5 Å². The van der Waals surface area contributed by atoms with Crippen molar-refractivity contribution < 1.29 is 14.3 Å². The Morgan fingerprint density at radius 1 is 1.41 bits per heavy atom. The molecule has 0 aromatic heterocycles. The number of benzene rings is 1. The minimum absolute atomic E-state index is 0.0303. The van der Waals surface area contributed by atoms with Crippen molar-refractivity contribution >= 4 is 11.8 Å². The Hall–Kier alpha value is -2.08. The minimum Gasteiger partial charge on any atom is -0.491 e. The van der Waals surface area contributed by atoms with Gasteiger partial charge in [-0.05, 0) is 25.5 Å². The molecule has 2 N–H and O–H groups in total. The average Bonchev–Trinajstić information content (AvgIpc) is 2.45. The summed E-state index contributed by atoms with van der Waals surface area (Å²) in [6, 6.07) is 6.01. The minimum atomic E-state index is -0.0843. The summed E-state index contributed by atoms with van der Waals surface area (Å²) in [5.41, 5.74) is 2.29. The van der Waals surface area contributed by atoms with Gasteiger partial charge in [-0.25, -0.2) is 0 Å². The fraction of sp³-hybridized carbons (Fsp3) is 0.500. The van der Waals surface area contributed by atoms with Crippen molar-refractivity contribution in [2.45, 2.75) is 13.8 Å². The number of amides is 2. The predicted molar refractivity (Wildman–Crippen MR) is 83.9 cm³/mol. The fourth-order valence-electron chi connectivity index (χ4n) is 2.40. The van der Waals surface area contributed by atoms with Crippen LogP contribution in [0.3, 0.4) is 0 Å². The lowest BCUT2D eigenvalue weighted by Gasteiger charge is -2.25. The van der Waals surface area contributed by atoms with Gasteiger partial charge in [-0.15, -0.1) is 0 Å². The van der Waals surface area contributed by atoms with Gasteiger partial charge in [-0.3, -0.25) is 14.5 Å². The highest BCUT2D eigenvalue weighted by molar-refractivity contribution is 5.81. The molecule has 0 bridgehead atoms. The number of aryl methyl sites for hydroxylation is 2. The molecule has 0 radical (unpaired) electrons. The highest BCUT2D eigenvalue weighted by Gasteiger charge is 2.18. The smallest absolute Gasteiger partial charge is 0.234 e. The van der Waals surface area contributed by atoms with Crippen LogP contribution in [0.4, 0.5) is 0 Å². The zero-order valence-electron chi connectivity index (χ0n) is 13.1. The first-order valence-corrected chi connectivity index (χ1v) is 7.50. The number of carbonyl (C=O) groups is 2. The maximum Gasteiger partial charge on any atom is 0.234 e. The second-order valence-electron chi connectivity index (χ2n) is 5.53. The van der Waals surface area contributed by atoms with Crippen LogP contribution < -0.4 is 15.4 Å². The summed E-state index contributed by atoms with van der Waals surface area (Å²) in [6.45, 7) is 6.76. The zero-order valence-corrected chi connectivity index (χ0v) is 13.1. The SMILES string of the molecule is Cc1ccc(OCCNC(=O)CN2CCNC(=O)C2)c(C)c1. The van der Waals surface area contributed by atoms with Crippen molar-refractivity contribution in [3.8, 4) is 5.75 Å². The number of piperazine rings is 1. The molecule has 0 aliphatic carbocycles. The van der Waals surface area contributed by atoms with Gasteiger partial charge >= 0.3 is 0 Å². The lowest BCUT2D eigenvalue weighted by atomic mass is 10.1. The van der Waals surface area contributed by atoms with E-state index in [0.29, 0.717) is 26.2 Å². The zero-order chi connectivity index (χ0) is 15.9. The number of hydrogen-bond donors (Lipinski definition) is 2. The van der Waals surface area contributed by atoms with Gasteiger partial charge in [0.2, 0.25) is 11.8 Å². The molecular formula is C16H23N3O3. The number of nitrogens with one attached hydrogen (secondary N) is 2. The van der Waals surface area contributed by atoms with Gasteiger partial charge in [0.15, 0.2) is 0 Å². The van der Waals surface area contributed by atoms with Crippen molar-refractivity contribution in [3.05, 3.63) is 29.3 Å². The maximum atomic E-state index is 11.8. The number of hydrogen-bond acceptors (Lipinski definition) is 4. The number of carbonyl (C=O) groups excluding carboxylic acids is 2. The first-order chi connectivity index (χ1) is 10.5. The van der Waals surface area contributed by atoms with Crippen LogP contribution in [0.1, 0.15) is 11.1 Å². The summed E-state index contributed by atoms with van der Waals surface area (Å²) in [5.74, 6) is 0.726. The molecule has 2 rings (SSSR count). The van der Waals surface area contributed by atoms with Crippen LogP contribution >= 0.6 is 0 Å². The summed E-state index contributed by atoms with van der Waals surface area (Å²) >= 11 is 0. The van der Waals surface area contributed by atoms with Crippen LogP contribution in [-0.4, -0.2) is 56.0 Å². The molecule has 6 nitrogen and oxygen atoms in total. The molecule has 1 aliphatic heterocycles. The summed E-state index contributed by atoms with van der Waals surface area (Å²) in [7, 11) is 0. The third kappa shape index (κ3) is 5.04. The third-order valence-corrected chi connectivity index (χ3v) is 3.50. The van der Waals surface area contributed by atoms with Crippen LogP contribution in [-0.2, 0) is 9.59 Å². The standard InChI is InChI=1S/C16H23N3O3/c1-12-3-4-14(13(2)9-12)22-8-6-18-16(21)11-19-7-5-17-15(20)10-19/h3-4,9H,5-8,10-11H2,1-2H3,(H,17,20)(H,18,21). The molecule has 1 aromatic rings. The molecule has 0 spiro atoms. The van der Waals surface area contributed by atoms with E-state index in [-0.39, 0.29) is 24.9 Å². The molecule has 1 fully saturated rings. The molecular weight excluding hydrogens is 282 g/mol. The van der Waals surface area contributed by atoms with Gasteiger partial charge in [-0.2, -0.15) is 0 Å². The molecule has 1 aliphatic rings. The van der Waals surface area contributed by atoms with Crippen molar-refractivity contribution in [2.24, 2.45) is 0 Å². The third-order valence-electron chi connectivity index (χ3n) is 3.50. The van der Waals surface area contributed by atoms with Crippen LogP contribution in [0.15, 0.2) is 18.2 Å². The van der Waals surface area contributed by atoms with E-state index in [2.05, 4.69) is 16.7 Å². The second-order valence-corrected chi connectivity index (χ2v) is 5.53. The van der Waals surface area contributed by atoms with Crippen LogP contribution in [0.5, 0.6) is 5.75 Å². The van der Waals surface area contributed by atoms with Gasteiger partial charge < -0.3 is 15.4 Å². The first-order valence-electron chi connectivity index (χ1n) is 7.50. The molecule has 6 heteroatoms. The molecule has 120 valence electrons. The van der Waals surface area contributed by atoms with Gasteiger partial charge in [0.25, 0.3) is 0 Å². The highest BCUT2D eigenvalue weighted by atomic mass is 16.5. The topological polar surface area (TPSA) is 70.7 Å². The molecule has 0 saturated carbocycles. The molecule has 0 atom stereocenters. The van der Waals surface area contributed by atoms with Gasteiger partial charge in [0.1, 0.15) is 12.4 Å². The Morgan fingerprint density at radius 3 is 2.95 bits per heavy atom. The van der Waals surface area contributed by atoms with E-state index in [0.717, 1.165) is 11.3 Å². The summed E-state index contributed by atoms with van der Waals surface area (Å²) in [6.07, 6.45) is 0. The highest BCUT2D eigenvalue weighted by Crippen LogP contribution is 2.18. The Labute approximate surface area is 130 Å². The first kappa shape index (κ1) is 16.3. The van der Waals surface area contributed by atoms with Crippen molar-refractivity contribution in [1.29, 1.82) is 0 Å². The number of nitrogens with zero attached hydrogens (tertiary/aromatic N) is 1. The van der Waals surface area contributed by atoms with E-state index in [1.165, 1.54) is 5.56 Å². The Morgan fingerprint density at radius 2 is 2.23 bits per heavy atom. The van der Waals surface area contributed by atoms with E-state index in [1.807, 2.05) is 30.9 Å². The van der Waals surface area contributed by atoms with Gasteiger partial charge in [-0.1, -0.05) is 17.7 Å². The van der Waals surface area contributed by atoms with Crippen LogP contribution in [0, 0.1) is 13.8 Å². The lowest BCUT2D eigenvalue weighted by molar-refractivity contribution is -0.126. The van der Waals surface area contributed by atoms with E-state index in [9.17, 15) is 9.59 Å². The molecule has 0 unspecified atom stereocenters. The summed E-state index contributed by atoms with van der Waals surface area (Å²) in [5, 5.41) is 5.54. The Kier molecular flexibility index (Phi) is 5.77. The summed E-state index contributed by atoms with van der Waals surface area (Å²) < 4.78 is 5.66. The predicted octanol–water partition coefficient (Wildman–Crippen LogP) is 0.230. The fourth-order valence-corrected chi connectivity index (χ4v) is 2.40. The van der Waals surface area contributed by atoms with Crippen LogP contribution in [0.25, 0.3) is 0 Å². The largest absolute Gasteiger partial charge is 0.491 e. The van der Waals surface area contributed by atoms with Gasteiger partial charge in [0.05, 0.1) is 19.6 Å². The van der Waals surface area contributed by atoms with E-state index in [4.69, 9.17) is 4.74 Å². The molecule has 2 amide bonds. The number of rotatable bonds is 6. The van der Waals surface area contributed by atoms with E-state index in [1.54, 1.807) is 0 Å². The second kappa shape index (κ2) is 7.79. The normalized spacial score (nSPS) is 15.3. The van der Waals surface area contributed by atoms with Crippen LogP contribution in [0.2, 0.25) is 0 Å². The van der Waals surface area contributed by atoms with E-state index < -0.39 is 0 Å². The van der Waals surface area contributed by atoms with Crippen molar-refractivity contribution in [2.75, 3.05) is 39.3 Å². The number of ether oxygens (including phenoxy) is 1. The quantitative estimate of drug-likeness (QED) is 0.738. The molecule has 22 heavy (non-hydrogen) atoms. The van der Waals surface area contributed by atoms with E-state index >= 15 is 0 Å². The Bertz CT molecular complexity index is 545. The molecule has 1 saturated heterocycles. The maximum absolute atomic E-state index is 11.8. The van der Waals surface area contributed by atoms with Crippen molar-refractivity contribution in [3.63, 3.8) is 0 Å². The van der Waals surface area contributed by atoms with Gasteiger partial charge in [0, 0.05) is 13.1 Å². The summed E-state index contributed by atoms with van der Waals surface area (Å²) in [4.78, 5) is 24.9. The monoisotopic (exact) mass is 305 g/mol. The molecule has 1 aromatic carbocycles.